The van der Waals surface area contributed by atoms with Gasteiger partial charge in [-0.05, 0) is 50.5 Å². The molecular weight excluding hydrogens is 266 g/mol. The van der Waals surface area contributed by atoms with Gasteiger partial charge in [-0.2, -0.15) is 0 Å². The fourth-order valence-electron chi connectivity index (χ4n) is 3.96. The van der Waals surface area contributed by atoms with E-state index in [1.165, 1.54) is 6.42 Å². The molecule has 0 spiro atoms. The lowest BCUT2D eigenvalue weighted by Gasteiger charge is -2.38. The molecule has 4 nitrogen and oxygen atoms in total. The van der Waals surface area contributed by atoms with Gasteiger partial charge in [0, 0.05) is 30.3 Å². The lowest BCUT2D eigenvalue weighted by Crippen LogP contribution is -2.45. The highest BCUT2D eigenvalue weighted by Gasteiger charge is 2.49. The summed E-state index contributed by atoms with van der Waals surface area (Å²) in [6, 6.07) is 8.25. The van der Waals surface area contributed by atoms with Crippen LogP contribution in [0.25, 0.3) is 0 Å². The quantitative estimate of drug-likeness (QED) is 0.904. The van der Waals surface area contributed by atoms with Crippen molar-refractivity contribution in [2.45, 2.75) is 51.3 Å². The molecule has 2 aliphatic rings. The summed E-state index contributed by atoms with van der Waals surface area (Å²) >= 11 is 0. The van der Waals surface area contributed by atoms with E-state index in [2.05, 4.69) is 18.7 Å². The minimum absolute atomic E-state index is 0.347. The summed E-state index contributed by atoms with van der Waals surface area (Å²) in [6.45, 7) is 5.26. The molecule has 0 aromatic heterocycles. The Morgan fingerprint density at radius 3 is 2.62 bits per heavy atom. The first kappa shape index (κ1) is 14.4. The Kier molecular flexibility index (Phi) is 3.89. The summed E-state index contributed by atoms with van der Waals surface area (Å²) in [6.07, 6.45) is 3.76. The maximum Gasteiger partial charge on any atom is 0.335 e. The van der Waals surface area contributed by atoms with Crippen molar-refractivity contribution in [2.24, 2.45) is 5.92 Å². The molecule has 21 heavy (non-hydrogen) atoms. The van der Waals surface area contributed by atoms with Crippen molar-refractivity contribution < 1.29 is 14.6 Å². The topological polar surface area (TPSA) is 49.8 Å². The van der Waals surface area contributed by atoms with E-state index < -0.39 is 5.97 Å². The molecule has 0 amide bonds. The van der Waals surface area contributed by atoms with E-state index in [-0.39, 0.29) is 0 Å². The predicted octanol–water partition coefficient (Wildman–Crippen LogP) is 3.17. The van der Waals surface area contributed by atoms with E-state index in [9.17, 15) is 4.79 Å². The molecule has 2 fully saturated rings. The first-order valence-electron chi connectivity index (χ1n) is 7.85. The Balaban J connectivity index is 1.72. The predicted molar refractivity (Wildman–Crippen MR) is 81.9 cm³/mol. The van der Waals surface area contributed by atoms with Gasteiger partial charge in [0.15, 0.2) is 0 Å². The van der Waals surface area contributed by atoms with E-state index in [0.29, 0.717) is 29.7 Å². The highest BCUT2D eigenvalue weighted by atomic mass is 16.5. The first-order chi connectivity index (χ1) is 10.1. The molecule has 1 heterocycles. The number of hydrogen-bond acceptors (Lipinski definition) is 3. The number of fused-ring (bicyclic) bond motifs is 2. The SMILES string of the molecule is CCCOC1CC2CC1C(C)N2c1ccc(C(=O)O)cc1. The molecule has 3 rings (SSSR count). The van der Waals surface area contributed by atoms with Crippen LogP contribution in [0.4, 0.5) is 5.69 Å². The molecule has 4 atom stereocenters. The minimum atomic E-state index is -0.870. The number of carbonyl (C=O) groups is 1. The Morgan fingerprint density at radius 2 is 2.05 bits per heavy atom. The number of rotatable bonds is 5. The van der Waals surface area contributed by atoms with Crippen molar-refractivity contribution in [3.05, 3.63) is 29.8 Å². The summed E-state index contributed by atoms with van der Waals surface area (Å²) in [5.41, 5.74) is 1.48. The van der Waals surface area contributed by atoms with Gasteiger partial charge in [0.05, 0.1) is 11.7 Å². The summed E-state index contributed by atoms with van der Waals surface area (Å²) in [4.78, 5) is 13.4. The molecule has 4 heteroatoms. The van der Waals surface area contributed by atoms with E-state index in [0.717, 1.165) is 25.1 Å². The van der Waals surface area contributed by atoms with Gasteiger partial charge in [-0.15, -0.1) is 0 Å². The zero-order valence-corrected chi connectivity index (χ0v) is 12.7. The van der Waals surface area contributed by atoms with Crippen molar-refractivity contribution in [3.63, 3.8) is 0 Å². The third-order valence-corrected chi connectivity index (χ3v) is 4.93. The van der Waals surface area contributed by atoms with Crippen LogP contribution in [-0.2, 0) is 4.74 Å². The van der Waals surface area contributed by atoms with Crippen LogP contribution in [0, 0.1) is 5.92 Å². The number of carboxylic acid groups (broad SMARTS) is 1. The third kappa shape index (κ3) is 2.53. The normalized spacial score (nSPS) is 30.9. The lowest BCUT2D eigenvalue weighted by molar-refractivity contribution is 0.0157. The van der Waals surface area contributed by atoms with Crippen LogP contribution < -0.4 is 4.90 Å². The second-order valence-corrected chi connectivity index (χ2v) is 6.20. The fourth-order valence-corrected chi connectivity index (χ4v) is 3.96. The molecule has 1 aromatic carbocycles. The molecule has 4 unspecified atom stereocenters. The van der Waals surface area contributed by atoms with Crippen molar-refractivity contribution in [3.8, 4) is 0 Å². The van der Waals surface area contributed by atoms with E-state index in [1.54, 1.807) is 12.1 Å². The maximum absolute atomic E-state index is 10.9. The molecular formula is C17H23NO3. The van der Waals surface area contributed by atoms with Gasteiger partial charge in [0.25, 0.3) is 0 Å². The molecule has 2 bridgehead atoms. The average molecular weight is 289 g/mol. The smallest absolute Gasteiger partial charge is 0.335 e. The first-order valence-corrected chi connectivity index (χ1v) is 7.85. The number of carboxylic acids is 1. The second kappa shape index (κ2) is 5.68. The van der Waals surface area contributed by atoms with Gasteiger partial charge >= 0.3 is 5.97 Å². The zero-order valence-electron chi connectivity index (χ0n) is 12.7. The molecule has 114 valence electrons. The van der Waals surface area contributed by atoms with E-state index >= 15 is 0 Å². The van der Waals surface area contributed by atoms with E-state index in [4.69, 9.17) is 9.84 Å². The largest absolute Gasteiger partial charge is 0.478 e. The van der Waals surface area contributed by atoms with Crippen molar-refractivity contribution >= 4 is 11.7 Å². The maximum atomic E-state index is 10.9. The van der Waals surface area contributed by atoms with Crippen molar-refractivity contribution in [2.75, 3.05) is 11.5 Å². The molecule has 0 radical (unpaired) electrons. The van der Waals surface area contributed by atoms with Crippen LogP contribution in [0.5, 0.6) is 0 Å². The van der Waals surface area contributed by atoms with Gasteiger partial charge in [0.2, 0.25) is 0 Å². The summed E-state index contributed by atoms with van der Waals surface area (Å²) in [7, 11) is 0. The number of aromatic carboxylic acids is 1. The highest BCUT2D eigenvalue weighted by Crippen LogP contribution is 2.46. The standard InChI is InChI=1S/C17H23NO3/c1-3-8-21-16-10-14-9-15(16)11(2)18(14)13-6-4-12(5-7-13)17(19)20/h4-7,11,14-16H,3,8-10H2,1-2H3,(H,19,20). The third-order valence-electron chi connectivity index (χ3n) is 4.93. The Morgan fingerprint density at radius 1 is 1.33 bits per heavy atom. The van der Waals surface area contributed by atoms with Crippen LogP contribution in [0.3, 0.4) is 0 Å². The van der Waals surface area contributed by atoms with Crippen LogP contribution in [0.1, 0.15) is 43.5 Å². The summed E-state index contributed by atoms with van der Waals surface area (Å²) < 4.78 is 5.99. The average Bonchev–Trinajstić information content (AvgIpc) is 3.02. The fraction of sp³-hybridized carbons (Fsp3) is 0.588. The number of anilines is 1. The lowest BCUT2D eigenvalue weighted by atomic mass is 9.96. The molecule has 1 saturated heterocycles. The Bertz CT molecular complexity index is 511. The van der Waals surface area contributed by atoms with Gasteiger partial charge in [-0.1, -0.05) is 6.92 Å². The molecule has 1 aromatic rings. The van der Waals surface area contributed by atoms with Gasteiger partial charge in [-0.3, -0.25) is 0 Å². The number of hydrogen-bond donors (Lipinski definition) is 1. The number of benzene rings is 1. The minimum Gasteiger partial charge on any atom is -0.478 e. The summed E-state index contributed by atoms with van der Waals surface area (Å²) in [5, 5.41) is 8.99. The molecule has 1 aliphatic carbocycles. The van der Waals surface area contributed by atoms with Crippen molar-refractivity contribution in [1.29, 1.82) is 0 Å². The molecule has 1 aliphatic heterocycles. The zero-order chi connectivity index (χ0) is 15.0. The highest BCUT2D eigenvalue weighted by molar-refractivity contribution is 5.88. The van der Waals surface area contributed by atoms with Gasteiger partial charge < -0.3 is 14.7 Å². The van der Waals surface area contributed by atoms with Gasteiger partial charge in [0.1, 0.15) is 0 Å². The number of ether oxygens (including phenoxy) is 1. The van der Waals surface area contributed by atoms with Crippen molar-refractivity contribution in [1.82, 2.24) is 0 Å². The Labute approximate surface area is 125 Å². The monoisotopic (exact) mass is 289 g/mol. The Hall–Kier alpha value is -1.55. The van der Waals surface area contributed by atoms with Crippen LogP contribution in [0.2, 0.25) is 0 Å². The van der Waals surface area contributed by atoms with Gasteiger partial charge in [-0.25, -0.2) is 4.79 Å². The second-order valence-electron chi connectivity index (χ2n) is 6.20. The molecule has 1 saturated carbocycles. The van der Waals surface area contributed by atoms with Crippen LogP contribution in [-0.4, -0.2) is 35.9 Å². The number of nitrogens with zero attached hydrogens (tertiary/aromatic N) is 1. The van der Waals surface area contributed by atoms with Crippen LogP contribution >= 0.6 is 0 Å². The van der Waals surface area contributed by atoms with E-state index in [1.807, 2.05) is 12.1 Å². The number of piperidine rings is 1. The molecule has 1 N–H and O–H groups in total. The summed E-state index contributed by atoms with van der Waals surface area (Å²) in [5.74, 6) is -0.272. The van der Waals surface area contributed by atoms with Crippen LogP contribution in [0.15, 0.2) is 24.3 Å².